The zero-order valence-corrected chi connectivity index (χ0v) is 19.1. The number of carbonyl (C=O) groups is 3. The van der Waals surface area contributed by atoms with Crippen molar-refractivity contribution in [1.82, 2.24) is 9.55 Å². The first kappa shape index (κ1) is 23.0. The number of anilines is 1. The molecule has 2 N–H and O–H groups in total. The molecule has 8 nitrogen and oxygen atoms in total. The molecular formula is C25H20ClN3O5. The van der Waals surface area contributed by atoms with Gasteiger partial charge in [-0.05, 0) is 48.9 Å². The highest BCUT2D eigenvalue weighted by molar-refractivity contribution is 6.48. The van der Waals surface area contributed by atoms with Gasteiger partial charge in [0.25, 0.3) is 11.7 Å². The third-order valence-corrected chi connectivity index (χ3v) is 5.71. The molecule has 0 bridgehead atoms. The van der Waals surface area contributed by atoms with E-state index in [1.807, 2.05) is 16.7 Å². The number of ketones is 1. The van der Waals surface area contributed by atoms with E-state index in [2.05, 4.69) is 10.3 Å². The maximum absolute atomic E-state index is 13.3. The van der Waals surface area contributed by atoms with E-state index in [0.29, 0.717) is 33.9 Å². The van der Waals surface area contributed by atoms with E-state index in [4.69, 9.17) is 16.3 Å². The highest BCUT2D eigenvalue weighted by Gasteiger charge is 2.26. The fraction of sp³-hybridized carbons (Fsp3) is 0.120. The highest BCUT2D eigenvalue weighted by atomic mass is 35.5. The quantitative estimate of drug-likeness (QED) is 0.298. The Bertz CT molecular complexity index is 1430. The van der Waals surface area contributed by atoms with Gasteiger partial charge in [0.15, 0.2) is 0 Å². The first-order valence-corrected chi connectivity index (χ1v) is 10.6. The van der Waals surface area contributed by atoms with Crippen LogP contribution < -0.4 is 10.1 Å². The minimum atomic E-state index is -1.13. The van der Waals surface area contributed by atoms with Crippen LogP contribution in [0, 0.1) is 6.92 Å². The van der Waals surface area contributed by atoms with Crippen molar-refractivity contribution in [1.29, 1.82) is 0 Å². The van der Waals surface area contributed by atoms with Gasteiger partial charge in [-0.3, -0.25) is 9.59 Å². The summed E-state index contributed by atoms with van der Waals surface area (Å²) in [4.78, 5) is 41.7. The second-order valence-corrected chi connectivity index (χ2v) is 8.02. The van der Waals surface area contributed by atoms with Crippen molar-refractivity contribution in [3.63, 3.8) is 0 Å². The Balaban J connectivity index is 1.78. The third kappa shape index (κ3) is 4.49. The third-order valence-electron chi connectivity index (χ3n) is 5.46. The zero-order valence-electron chi connectivity index (χ0n) is 18.3. The number of ether oxygens (including phenoxy) is 1. The lowest BCUT2D eigenvalue weighted by atomic mass is 10.0. The van der Waals surface area contributed by atoms with Gasteiger partial charge in [0.05, 0.1) is 18.2 Å². The molecule has 2 aromatic heterocycles. The minimum Gasteiger partial charge on any atom is -0.481 e. The average Bonchev–Trinajstić information content (AvgIpc) is 3.10. The van der Waals surface area contributed by atoms with Crippen molar-refractivity contribution in [3.05, 3.63) is 88.2 Å². The monoisotopic (exact) mass is 477 g/mol. The van der Waals surface area contributed by atoms with Crippen LogP contribution in [0.15, 0.2) is 60.8 Å². The first-order valence-electron chi connectivity index (χ1n) is 10.2. The van der Waals surface area contributed by atoms with E-state index in [0.717, 1.165) is 5.56 Å². The van der Waals surface area contributed by atoms with Crippen LogP contribution in [0.3, 0.4) is 0 Å². The predicted molar refractivity (Wildman–Crippen MR) is 128 cm³/mol. The van der Waals surface area contributed by atoms with Crippen LogP contribution in [0.25, 0.3) is 10.9 Å². The van der Waals surface area contributed by atoms with Crippen molar-refractivity contribution in [2.45, 2.75) is 13.5 Å². The number of carbonyl (C=O) groups excluding carboxylic acids is 2. The number of fused-ring (bicyclic) bond motifs is 1. The Hall–Kier alpha value is -4.17. The molecule has 34 heavy (non-hydrogen) atoms. The van der Waals surface area contributed by atoms with Crippen molar-refractivity contribution in [2.75, 3.05) is 12.4 Å². The number of carboxylic acid groups (broad SMARTS) is 1. The minimum absolute atomic E-state index is 0.0180. The molecule has 2 aromatic carbocycles. The van der Waals surface area contributed by atoms with Gasteiger partial charge in [-0.1, -0.05) is 23.7 Å². The van der Waals surface area contributed by atoms with Crippen LogP contribution in [0.4, 0.5) is 5.69 Å². The van der Waals surface area contributed by atoms with Crippen molar-refractivity contribution >= 4 is 45.9 Å². The summed E-state index contributed by atoms with van der Waals surface area (Å²) >= 11 is 5.99. The average molecular weight is 478 g/mol. The van der Waals surface area contributed by atoms with E-state index in [9.17, 15) is 19.5 Å². The van der Waals surface area contributed by atoms with Gasteiger partial charge < -0.3 is 19.7 Å². The highest BCUT2D eigenvalue weighted by Crippen LogP contribution is 2.29. The number of methoxy groups -OCH3 is 1. The summed E-state index contributed by atoms with van der Waals surface area (Å²) in [5, 5.41) is 13.0. The number of benzene rings is 2. The molecule has 0 unspecified atom stereocenters. The molecule has 0 radical (unpaired) electrons. The molecule has 4 rings (SSSR count). The largest absolute Gasteiger partial charge is 0.481 e. The van der Waals surface area contributed by atoms with E-state index >= 15 is 0 Å². The van der Waals surface area contributed by atoms with Gasteiger partial charge in [0, 0.05) is 46.1 Å². The normalized spacial score (nSPS) is 10.8. The topological polar surface area (TPSA) is 111 Å². The van der Waals surface area contributed by atoms with Gasteiger partial charge in [-0.25, -0.2) is 9.78 Å². The number of amides is 1. The molecule has 0 aliphatic rings. The number of nitrogens with one attached hydrogen (secondary N) is 1. The van der Waals surface area contributed by atoms with Crippen molar-refractivity contribution in [3.8, 4) is 5.88 Å². The van der Waals surface area contributed by atoms with Crippen LogP contribution in [0.5, 0.6) is 5.88 Å². The molecule has 4 aromatic rings. The number of nitrogens with zero attached hydrogens (tertiary/aromatic N) is 2. The number of hydrogen-bond acceptors (Lipinski definition) is 5. The molecule has 0 fully saturated rings. The number of aromatic nitrogens is 2. The zero-order chi connectivity index (χ0) is 24.4. The smallest absolute Gasteiger partial charge is 0.335 e. The van der Waals surface area contributed by atoms with Crippen LogP contribution in [-0.2, 0) is 11.3 Å². The van der Waals surface area contributed by atoms with Crippen LogP contribution >= 0.6 is 11.6 Å². The summed E-state index contributed by atoms with van der Waals surface area (Å²) < 4.78 is 6.92. The fourth-order valence-electron chi connectivity index (χ4n) is 3.78. The van der Waals surface area contributed by atoms with Gasteiger partial charge in [0.2, 0.25) is 5.88 Å². The molecule has 0 aliphatic carbocycles. The molecule has 0 spiro atoms. The number of halogens is 1. The molecule has 0 saturated carbocycles. The number of Topliss-reactive ketones (excluding diaryl/α,β-unsaturated/α-hetero) is 1. The summed E-state index contributed by atoms with van der Waals surface area (Å²) in [6, 6.07) is 14.8. The second kappa shape index (κ2) is 9.36. The molecule has 172 valence electrons. The van der Waals surface area contributed by atoms with E-state index in [1.165, 1.54) is 37.6 Å². The van der Waals surface area contributed by atoms with E-state index < -0.39 is 17.7 Å². The number of rotatable bonds is 7. The maximum Gasteiger partial charge on any atom is 0.335 e. The Morgan fingerprint density at radius 2 is 1.82 bits per heavy atom. The summed E-state index contributed by atoms with van der Waals surface area (Å²) in [5.41, 5.74) is 2.62. The lowest BCUT2D eigenvalue weighted by molar-refractivity contribution is -0.112. The SMILES string of the molecule is COc1cc(NC(=O)C(=O)c2c(C)n(Cc3ccc(Cl)cc3)c3ccc(C(=O)O)cc23)ccn1. The van der Waals surface area contributed by atoms with Crippen molar-refractivity contribution < 1.29 is 24.2 Å². The Morgan fingerprint density at radius 3 is 2.50 bits per heavy atom. The summed E-state index contributed by atoms with van der Waals surface area (Å²) in [7, 11) is 1.44. The number of pyridine rings is 1. The van der Waals surface area contributed by atoms with Crippen LogP contribution in [0.2, 0.25) is 5.02 Å². The van der Waals surface area contributed by atoms with Crippen LogP contribution in [0.1, 0.15) is 32.0 Å². The predicted octanol–water partition coefficient (Wildman–Crippen LogP) is 4.57. The van der Waals surface area contributed by atoms with Gasteiger partial charge >= 0.3 is 5.97 Å². The number of hydrogen-bond donors (Lipinski definition) is 2. The number of carboxylic acids is 1. The van der Waals surface area contributed by atoms with Gasteiger partial charge in [0.1, 0.15) is 0 Å². The maximum atomic E-state index is 13.3. The first-order chi connectivity index (χ1) is 16.3. The van der Waals surface area contributed by atoms with Gasteiger partial charge in [-0.2, -0.15) is 0 Å². The molecule has 9 heteroatoms. The van der Waals surface area contributed by atoms with Crippen molar-refractivity contribution in [2.24, 2.45) is 0 Å². The Morgan fingerprint density at radius 1 is 1.09 bits per heavy atom. The molecule has 2 heterocycles. The molecule has 0 saturated heterocycles. The molecule has 0 aliphatic heterocycles. The van der Waals surface area contributed by atoms with E-state index in [1.54, 1.807) is 25.1 Å². The summed E-state index contributed by atoms with van der Waals surface area (Å²) in [6.07, 6.45) is 1.45. The lowest BCUT2D eigenvalue weighted by Crippen LogP contribution is -2.23. The van der Waals surface area contributed by atoms with Gasteiger partial charge in [-0.15, -0.1) is 0 Å². The fourth-order valence-corrected chi connectivity index (χ4v) is 3.90. The van der Waals surface area contributed by atoms with E-state index in [-0.39, 0.29) is 17.0 Å². The Kier molecular flexibility index (Phi) is 6.34. The Labute approximate surface area is 199 Å². The molecule has 0 atom stereocenters. The number of aromatic carboxylic acids is 1. The summed E-state index contributed by atoms with van der Waals surface area (Å²) in [5.74, 6) is -2.48. The summed E-state index contributed by atoms with van der Waals surface area (Å²) in [6.45, 7) is 2.13. The second-order valence-electron chi connectivity index (χ2n) is 7.58. The molecular weight excluding hydrogens is 458 g/mol. The molecule has 1 amide bonds. The standard InChI is InChI=1S/C25H20ClN3O5/c1-14-22(23(30)24(31)28-18-9-10-27-21(12-18)34-2)19-11-16(25(32)33)5-8-20(19)29(14)13-15-3-6-17(26)7-4-15/h3-12H,13H2,1-2H3,(H,32,33)(H,27,28,31). The lowest BCUT2D eigenvalue weighted by Gasteiger charge is -2.09. The van der Waals surface area contributed by atoms with Crippen LogP contribution in [-0.4, -0.2) is 39.4 Å².